The summed E-state index contributed by atoms with van der Waals surface area (Å²) >= 11 is 0. The van der Waals surface area contributed by atoms with Crippen LogP contribution in [0.1, 0.15) is 31.2 Å². The maximum atomic E-state index is 13.2. The smallest absolute Gasteiger partial charge is 0.127 e. The highest BCUT2D eigenvalue weighted by Gasteiger charge is 2.44. The topological polar surface area (TPSA) is 41.5 Å². The van der Waals surface area contributed by atoms with Gasteiger partial charge in [-0.15, -0.1) is 0 Å². The quantitative estimate of drug-likeness (QED) is 0.844. The van der Waals surface area contributed by atoms with E-state index in [9.17, 15) is 9.50 Å². The molecule has 2 atom stereocenters. The third kappa shape index (κ3) is 1.89. The molecule has 4 heteroatoms. The van der Waals surface area contributed by atoms with Crippen LogP contribution in [-0.4, -0.2) is 24.3 Å². The minimum absolute atomic E-state index is 0.337. The van der Waals surface area contributed by atoms with Gasteiger partial charge in [0.2, 0.25) is 0 Å². The standard InChI is InChI=1S/C14H18FNO2/c1-18-13-6-9(15)2-5-12(13)14(17)7-10-3-4-11(8-14)16-10/h2,5-6,10-11,16-17H,3-4,7-8H2,1H3. The molecule has 2 aliphatic rings. The number of benzene rings is 1. The molecule has 2 heterocycles. The van der Waals surface area contributed by atoms with Gasteiger partial charge in [0.05, 0.1) is 12.7 Å². The van der Waals surface area contributed by atoms with Crippen LogP contribution in [0.4, 0.5) is 4.39 Å². The van der Waals surface area contributed by atoms with Gasteiger partial charge < -0.3 is 15.2 Å². The molecule has 18 heavy (non-hydrogen) atoms. The van der Waals surface area contributed by atoms with Crippen LogP contribution in [0.25, 0.3) is 0 Å². The van der Waals surface area contributed by atoms with Crippen molar-refractivity contribution in [2.75, 3.05) is 7.11 Å². The SMILES string of the molecule is COc1cc(F)ccc1C1(O)CC2CCC(C1)N2. The van der Waals surface area contributed by atoms with Crippen molar-refractivity contribution in [1.29, 1.82) is 0 Å². The van der Waals surface area contributed by atoms with Crippen molar-refractivity contribution in [3.8, 4) is 5.75 Å². The number of nitrogens with one attached hydrogen (secondary N) is 1. The van der Waals surface area contributed by atoms with Crippen molar-refractivity contribution in [2.24, 2.45) is 0 Å². The molecule has 98 valence electrons. The third-order valence-electron chi connectivity index (χ3n) is 4.17. The lowest BCUT2D eigenvalue weighted by atomic mass is 9.81. The van der Waals surface area contributed by atoms with Crippen molar-refractivity contribution in [2.45, 2.75) is 43.4 Å². The number of aliphatic hydroxyl groups is 1. The predicted octanol–water partition coefficient (Wildman–Crippen LogP) is 1.94. The molecular formula is C14H18FNO2. The Morgan fingerprint density at radius 3 is 2.61 bits per heavy atom. The number of fused-ring (bicyclic) bond motifs is 2. The molecule has 1 aromatic rings. The Balaban J connectivity index is 1.98. The second-order valence-corrected chi connectivity index (χ2v) is 5.42. The van der Waals surface area contributed by atoms with Crippen molar-refractivity contribution >= 4 is 0 Å². The van der Waals surface area contributed by atoms with E-state index in [1.165, 1.54) is 19.2 Å². The summed E-state index contributed by atoms with van der Waals surface area (Å²) in [5.74, 6) is 0.106. The number of rotatable bonds is 2. The molecule has 0 saturated carbocycles. The van der Waals surface area contributed by atoms with Crippen LogP contribution in [-0.2, 0) is 5.60 Å². The molecule has 0 aromatic heterocycles. The van der Waals surface area contributed by atoms with Gasteiger partial charge >= 0.3 is 0 Å². The van der Waals surface area contributed by atoms with Crippen LogP contribution in [0.2, 0.25) is 0 Å². The Morgan fingerprint density at radius 2 is 2.00 bits per heavy atom. The second kappa shape index (κ2) is 4.21. The van der Waals surface area contributed by atoms with E-state index in [2.05, 4.69) is 5.32 Å². The van der Waals surface area contributed by atoms with E-state index >= 15 is 0 Å². The normalized spacial score (nSPS) is 34.6. The van der Waals surface area contributed by atoms with Crippen LogP contribution < -0.4 is 10.1 Å². The van der Waals surface area contributed by atoms with Gasteiger partial charge in [0.1, 0.15) is 11.6 Å². The van der Waals surface area contributed by atoms with Crippen LogP contribution >= 0.6 is 0 Å². The number of methoxy groups -OCH3 is 1. The minimum atomic E-state index is -0.893. The highest BCUT2D eigenvalue weighted by atomic mass is 19.1. The van der Waals surface area contributed by atoms with Crippen molar-refractivity contribution < 1.29 is 14.2 Å². The van der Waals surface area contributed by atoms with E-state index in [1.54, 1.807) is 6.07 Å². The van der Waals surface area contributed by atoms with Gasteiger partial charge in [-0.25, -0.2) is 4.39 Å². The van der Waals surface area contributed by atoms with E-state index < -0.39 is 5.60 Å². The molecule has 0 spiro atoms. The summed E-state index contributed by atoms with van der Waals surface area (Å²) in [6.45, 7) is 0. The molecule has 2 bridgehead atoms. The summed E-state index contributed by atoms with van der Waals surface area (Å²) in [4.78, 5) is 0. The number of piperidine rings is 1. The second-order valence-electron chi connectivity index (χ2n) is 5.42. The highest BCUT2D eigenvalue weighted by Crippen LogP contribution is 2.43. The maximum absolute atomic E-state index is 13.2. The summed E-state index contributed by atoms with van der Waals surface area (Å²) in [6, 6.07) is 5.11. The molecule has 2 saturated heterocycles. The zero-order valence-electron chi connectivity index (χ0n) is 10.4. The lowest BCUT2D eigenvalue weighted by Gasteiger charge is -2.38. The van der Waals surface area contributed by atoms with E-state index in [4.69, 9.17) is 4.74 Å². The summed E-state index contributed by atoms with van der Waals surface area (Å²) in [5, 5.41) is 14.4. The van der Waals surface area contributed by atoms with Gasteiger partial charge in [-0.3, -0.25) is 0 Å². The molecule has 3 rings (SSSR count). The Morgan fingerprint density at radius 1 is 1.33 bits per heavy atom. The molecule has 2 N–H and O–H groups in total. The van der Waals surface area contributed by atoms with Crippen LogP contribution in [0.15, 0.2) is 18.2 Å². The fourth-order valence-electron chi connectivity index (χ4n) is 3.39. The first kappa shape index (κ1) is 11.9. The molecule has 1 aromatic carbocycles. The van der Waals surface area contributed by atoms with Crippen LogP contribution in [0.3, 0.4) is 0 Å². The average molecular weight is 251 g/mol. The van der Waals surface area contributed by atoms with Crippen LogP contribution in [0.5, 0.6) is 5.75 Å². The average Bonchev–Trinajstić information content (AvgIpc) is 2.68. The number of halogens is 1. The molecule has 3 nitrogen and oxygen atoms in total. The van der Waals surface area contributed by atoms with Gasteiger partial charge in [-0.05, 0) is 37.8 Å². The number of hydrogen-bond acceptors (Lipinski definition) is 3. The minimum Gasteiger partial charge on any atom is -0.496 e. The predicted molar refractivity (Wildman–Crippen MR) is 66.0 cm³/mol. The third-order valence-corrected chi connectivity index (χ3v) is 4.17. The van der Waals surface area contributed by atoms with Gasteiger partial charge in [0.25, 0.3) is 0 Å². The Kier molecular flexibility index (Phi) is 2.79. The zero-order valence-corrected chi connectivity index (χ0v) is 10.4. The fourth-order valence-corrected chi connectivity index (χ4v) is 3.39. The van der Waals surface area contributed by atoms with Gasteiger partial charge in [-0.1, -0.05) is 0 Å². The van der Waals surface area contributed by atoms with E-state index in [-0.39, 0.29) is 5.82 Å². The first-order valence-corrected chi connectivity index (χ1v) is 6.43. The van der Waals surface area contributed by atoms with Gasteiger partial charge in [-0.2, -0.15) is 0 Å². The van der Waals surface area contributed by atoms with Crippen molar-refractivity contribution in [1.82, 2.24) is 5.32 Å². The zero-order chi connectivity index (χ0) is 12.8. The van der Waals surface area contributed by atoms with Crippen molar-refractivity contribution in [3.63, 3.8) is 0 Å². The summed E-state index contributed by atoms with van der Waals surface area (Å²) < 4.78 is 18.4. The monoisotopic (exact) mass is 251 g/mol. The molecule has 2 fully saturated rings. The molecule has 2 aliphatic heterocycles. The van der Waals surface area contributed by atoms with E-state index in [0.29, 0.717) is 36.2 Å². The molecule has 2 unspecified atom stereocenters. The Hall–Kier alpha value is -1.13. The summed E-state index contributed by atoms with van der Waals surface area (Å²) in [7, 11) is 1.51. The van der Waals surface area contributed by atoms with E-state index in [1.807, 2.05) is 0 Å². The highest BCUT2D eigenvalue weighted by molar-refractivity contribution is 5.39. The molecule has 0 radical (unpaired) electrons. The molecule has 0 amide bonds. The summed E-state index contributed by atoms with van der Waals surface area (Å²) in [5.41, 5.74) is -0.180. The maximum Gasteiger partial charge on any atom is 0.127 e. The molecule has 0 aliphatic carbocycles. The number of hydrogen-bond donors (Lipinski definition) is 2. The van der Waals surface area contributed by atoms with Crippen LogP contribution in [0, 0.1) is 5.82 Å². The first-order chi connectivity index (χ1) is 8.60. The fraction of sp³-hybridized carbons (Fsp3) is 0.571. The molecular weight excluding hydrogens is 233 g/mol. The van der Waals surface area contributed by atoms with Crippen molar-refractivity contribution in [3.05, 3.63) is 29.6 Å². The summed E-state index contributed by atoms with van der Waals surface area (Å²) in [6.07, 6.45) is 3.56. The van der Waals surface area contributed by atoms with Gasteiger partial charge in [0, 0.05) is 23.7 Å². The Bertz CT molecular complexity index is 451. The largest absolute Gasteiger partial charge is 0.496 e. The van der Waals surface area contributed by atoms with Gasteiger partial charge in [0.15, 0.2) is 0 Å². The van der Waals surface area contributed by atoms with E-state index in [0.717, 1.165) is 12.8 Å². The Labute approximate surface area is 106 Å². The lowest BCUT2D eigenvalue weighted by Crippen LogP contribution is -2.46. The first-order valence-electron chi connectivity index (χ1n) is 6.43. The number of ether oxygens (including phenoxy) is 1. The lowest BCUT2D eigenvalue weighted by molar-refractivity contribution is -0.0133.